The lowest BCUT2D eigenvalue weighted by Gasteiger charge is -2.20. The highest BCUT2D eigenvalue weighted by Crippen LogP contribution is 2.22. The number of nitrogens with zero attached hydrogens (tertiary/aromatic N) is 2. The molecule has 1 atom stereocenters. The largest absolute Gasteiger partial charge is 0.481 e. The van der Waals surface area contributed by atoms with Gasteiger partial charge in [0, 0.05) is 36.5 Å². The van der Waals surface area contributed by atoms with E-state index in [1.807, 2.05) is 36.4 Å². The summed E-state index contributed by atoms with van der Waals surface area (Å²) in [5, 5.41) is 14.3. The molecular formula is C27H29BrN4O4. The molecule has 36 heavy (non-hydrogen) atoms. The Kier molecular flexibility index (Phi) is 8.93. The number of aromatic nitrogens is 2. The molecule has 3 N–H and O–H groups in total. The van der Waals surface area contributed by atoms with Gasteiger partial charge in [0.15, 0.2) is 5.82 Å². The van der Waals surface area contributed by atoms with Crippen molar-refractivity contribution in [2.45, 2.75) is 45.1 Å². The number of carbonyl (C=O) groups is 3. The van der Waals surface area contributed by atoms with Gasteiger partial charge in [0.05, 0.1) is 10.9 Å². The van der Waals surface area contributed by atoms with Crippen molar-refractivity contribution >= 4 is 33.7 Å². The molecule has 0 unspecified atom stereocenters. The van der Waals surface area contributed by atoms with Crippen molar-refractivity contribution in [3.63, 3.8) is 0 Å². The van der Waals surface area contributed by atoms with Crippen LogP contribution in [-0.2, 0) is 21.4 Å². The van der Waals surface area contributed by atoms with Crippen LogP contribution in [-0.4, -0.2) is 45.4 Å². The minimum atomic E-state index is -1.01. The maximum absolute atomic E-state index is 13.0. The third-order valence-electron chi connectivity index (χ3n) is 5.55. The SMILES string of the molecule is CC(C)(C)c1ccc(C(=O)N[C@@H](Cc2ccc(-c3ncc(Br)cn3)cc2)C(=O)NCCC(=O)O)cc1. The van der Waals surface area contributed by atoms with Crippen LogP contribution in [0.15, 0.2) is 65.4 Å². The van der Waals surface area contributed by atoms with Crippen molar-refractivity contribution < 1.29 is 19.5 Å². The van der Waals surface area contributed by atoms with Crippen LogP contribution in [0.5, 0.6) is 0 Å². The molecule has 2 amide bonds. The Labute approximate surface area is 218 Å². The number of halogens is 1. The van der Waals surface area contributed by atoms with Crippen molar-refractivity contribution in [2.75, 3.05) is 6.54 Å². The topological polar surface area (TPSA) is 121 Å². The molecule has 2 aromatic carbocycles. The highest BCUT2D eigenvalue weighted by atomic mass is 79.9. The second-order valence-electron chi connectivity index (χ2n) is 9.41. The number of benzene rings is 2. The van der Waals surface area contributed by atoms with E-state index >= 15 is 0 Å². The maximum Gasteiger partial charge on any atom is 0.305 e. The minimum absolute atomic E-state index is 0.0271. The summed E-state index contributed by atoms with van der Waals surface area (Å²) < 4.78 is 0.781. The number of hydrogen-bond donors (Lipinski definition) is 3. The Morgan fingerprint density at radius 1 is 0.972 bits per heavy atom. The summed E-state index contributed by atoms with van der Waals surface area (Å²) in [4.78, 5) is 45.2. The average Bonchev–Trinajstić information content (AvgIpc) is 2.84. The van der Waals surface area contributed by atoms with E-state index in [-0.39, 0.29) is 30.7 Å². The number of hydrogen-bond acceptors (Lipinski definition) is 5. The molecule has 0 saturated carbocycles. The van der Waals surface area contributed by atoms with E-state index in [9.17, 15) is 14.4 Å². The predicted molar refractivity (Wildman–Crippen MR) is 141 cm³/mol. The van der Waals surface area contributed by atoms with E-state index in [0.717, 1.165) is 21.2 Å². The second kappa shape index (κ2) is 11.9. The second-order valence-corrected chi connectivity index (χ2v) is 10.3. The summed E-state index contributed by atoms with van der Waals surface area (Å²) in [6.45, 7) is 6.25. The van der Waals surface area contributed by atoms with Crippen LogP contribution in [0.1, 0.15) is 48.7 Å². The fraction of sp³-hybridized carbons (Fsp3) is 0.296. The molecule has 188 valence electrons. The lowest BCUT2D eigenvalue weighted by atomic mass is 9.86. The van der Waals surface area contributed by atoms with E-state index in [2.05, 4.69) is 57.3 Å². The van der Waals surface area contributed by atoms with Crippen LogP contribution in [0.2, 0.25) is 0 Å². The Hall–Kier alpha value is -3.59. The number of nitrogens with one attached hydrogen (secondary N) is 2. The van der Waals surface area contributed by atoms with Gasteiger partial charge in [-0.3, -0.25) is 14.4 Å². The third kappa shape index (κ3) is 7.71. The number of carboxylic acid groups (broad SMARTS) is 1. The molecule has 0 spiro atoms. The number of rotatable bonds is 9. The smallest absolute Gasteiger partial charge is 0.305 e. The normalized spacial score (nSPS) is 12.0. The first-order valence-corrected chi connectivity index (χ1v) is 12.3. The van der Waals surface area contributed by atoms with E-state index in [1.165, 1.54) is 0 Å². The van der Waals surface area contributed by atoms with Crippen LogP contribution < -0.4 is 10.6 Å². The number of aliphatic carboxylic acids is 1. The third-order valence-corrected chi connectivity index (χ3v) is 5.95. The van der Waals surface area contributed by atoms with Crippen molar-refractivity contribution in [1.29, 1.82) is 0 Å². The van der Waals surface area contributed by atoms with Crippen molar-refractivity contribution in [3.05, 3.63) is 82.1 Å². The zero-order valence-electron chi connectivity index (χ0n) is 20.4. The number of carboxylic acids is 1. The van der Waals surface area contributed by atoms with Gasteiger partial charge in [-0.05, 0) is 44.6 Å². The summed E-state index contributed by atoms with van der Waals surface area (Å²) in [5.74, 6) is -1.27. The molecule has 0 aliphatic carbocycles. The molecule has 0 bridgehead atoms. The molecule has 0 radical (unpaired) electrons. The molecule has 0 aliphatic rings. The predicted octanol–water partition coefficient (Wildman–Crippen LogP) is 4.14. The molecule has 3 rings (SSSR count). The molecule has 1 aromatic heterocycles. The van der Waals surface area contributed by atoms with Crippen LogP contribution >= 0.6 is 15.9 Å². The molecule has 0 saturated heterocycles. The summed E-state index contributed by atoms with van der Waals surface area (Å²) in [6.07, 6.45) is 3.35. The zero-order valence-corrected chi connectivity index (χ0v) is 22.0. The average molecular weight is 553 g/mol. The molecule has 0 aliphatic heterocycles. The highest BCUT2D eigenvalue weighted by molar-refractivity contribution is 9.10. The monoisotopic (exact) mass is 552 g/mol. The van der Waals surface area contributed by atoms with E-state index < -0.39 is 17.9 Å². The lowest BCUT2D eigenvalue weighted by Crippen LogP contribution is -2.48. The van der Waals surface area contributed by atoms with Gasteiger partial charge in [0.1, 0.15) is 6.04 Å². The molecule has 3 aromatic rings. The van der Waals surface area contributed by atoms with Gasteiger partial charge in [-0.1, -0.05) is 57.2 Å². The Bertz CT molecular complexity index is 1200. The molecule has 9 heteroatoms. The molecular weight excluding hydrogens is 524 g/mol. The maximum atomic E-state index is 13.0. The zero-order chi connectivity index (χ0) is 26.3. The van der Waals surface area contributed by atoms with Gasteiger partial charge in [-0.2, -0.15) is 0 Å². The summed E-state index contributed by atoms with van der Waals surface area (Å²) in [5.41, 5.74) is 3.12. The fourth-order valence-corrected chi connectivity index (χ4v) is 3.68. The van der Waals surface area contributed by atoms with Gasteiger partial charge >= 0.3 is 5.97 Å². The van der Waals surface area contributed by atoms with E-state index in [1.54, 1.807) is 24.5 Å². The van der Waals surface area contributed by atoms with Crippen LogP contribution in [0.3, 0.4) is 0 Å². The number of carbonyl (C=O) groups excluding carboxylic acids is 2. The van der Waals surface area contributed by atoms with Crippen molar-refractivity contribution in [2.24, 2.45) is 0 Å². The first-order valence-electron chi connectivity index (χ1n) is 11.5. The van der Waals surface area contributed by atoms with Gasteiger partial charge in [-0.25, -0.2) is 9.97 Å². The first-order chi connectivity index (χ1) is 17.0. The molecule has 0 fully saturated rings. The summed E-state index contributed by atoms with van der Waals surface area (Å²) >= 11 is 3.31. The van der Waals surface area contributed by atoms with Gasteiger partial charge in [0.2, 0.25) is 5.91 Å². The van der Waals surface area contributed by atoms with Gasteiger partial charge in [-0.15, -0.1) is 0 Å². The van der Waals surface area contributed by atoms with E-state index in [4.69, 9.17) is 5.11 Å². The van der Waals surface area contributed by atoms with Crippen LogP contribution in [0.4, 0.5) is 0 Å². The fourth-order valence-electron chi connectivity index (χ4n) is 3.48. The molecule has 1 heterocycles. The summed E-state index contributed by atoms with van der Waals surface area (Å²) in [6, 6.07) is 13.8. The standard InChI is InChI=1S/C27H29BrN4O4/c1-27(2,3)20-10-8-19(9-11-20)25(35)32-22(26(36)29-13-12-23(33)34)14-17-4-6-18(7-5-17)24-30-15-21(28)16-31-24/h4-11,15-16,22H,12-14H2,1-3H3,(H,29,36)(H,32,35)(H,33,34)/t22-/m0/s1. The van der Waals surface area contributed by atoms with Crippen LogP contribution in [0.25, 0.3) is 11.4 Å². The van der Waals surface area contributed by atoms with Crippen LogP contribution in [0, 0.1) is 0 Å². The van der Waals surface area contributed by atoms with Gasteiger partial charge in [0.25, 0.3) is 5.91 Å². The van der Waals surface area contributed by atoms with Gasteiger partial charge < -0.3 is 15.7 Å². The van der Waals surface area contributed by atoms with Crippen molar-refractivity contribution in [1.82, 2.24) is 20.6 Å². The Balaban J connectivity index is 1.75. The Morgan fingerprint density at radius 3 is 2.14 bits per heavy atom. The molecule has 8 nitrogen and oxygen atoms in total. The highest BCUT2D eigenvalue weighted by Gasteiger charge is 2.23. The Morgan fingerprint density at radius 2 is 1.58 bits per heavy atom. The first kappa shape index (κ1) is 27.0. The quantitative estimate of drug-likeness (QED) is 0.367. The summed E-state index contributed by atoms with van der Waals surface area (Å²) in [7, 11) is 0. The number of amides is 2. The van der Waals surface area contributed by atoms with Crippen molar-refractivity contribution in [3.8, 4) is 11.4 Å². The minimum Gasteiger partial charge on any atom is -0.481 e. The lowest BCUT2D eigenvalue weighted by molar-refractivity contribution is -0.137. The van der Waals surface area contributed by atoms with E-state index in [0.29, 0.717) is 11.4 Å².